The second-order valence-electron chi connectivity index (χ2n) is 10.3. The third-order valence-electron chi connectivity index (χ3n) is 7.43. The summed E-state index contributed by atoms with van der Waals surface area (Å²) < 4.78 is 11.0. The van der Waals surface area contributed by atoms with Crippen molar-refractivity contribution in [2.75, 3.05) is 67.9 Å². The number of aromatic nitrogens is 2. The first-order valence-electron chi connectivity index (χ1n) is 13.9. The van der Waals surface area contributed by atoms with E-state index in [1.54, 1.807) is 38.5 Å². The molecular formula is C33H41N7O3. The van der Waals surface area contributed by atoms with Crippen molar-refractivity contribution < 1.29 is 14.3 Å². The molecule has 2 N–H and O–H groups in total. The number of likely N-dealkylation sites (N-methyl/N-ethyl adjacent to an activating group) is 1. The third kappa shape index (κ3) is 7.15. The van der Waals surface area contributed by atoms with Gasteiger partial charge in [0.2, 0.25) is 0 Å². The number of rotatable bonds is 8. The number of urea groups is 1. The summed E-state index contributed by atoms with van der Waals surface area (Å²) in [6.45, 7) is 8.04. The number of carbonyl (C=O) groups excluding carboxylic acids is 1. The molecule has 1 aliphatic rings. The summed E-state index contributed by atoms with van der Waals surface area (Å²) in [6, 6.07) is 20.8. The van der Waals surface area contributed by atoms with E-state index in [4.69, 9.17) is 9.47 Å². The van der Waals surface area contributed by atoms with Crippen LogP contribution in [0.3, 0.4) is 0 Å². The molecule has 0 radical (unpaired) electrons. The minimum Gasteiger partial charge on any atom is -0.497 e. The van der Waals surface area contributed by atoms with E-state index >= 15 is 0 Å². The maximum Gasteiger partial charge on any atom is 0.332 e. The molecule has 2 heterocycles. The zero-order valence-electron chi connectivity index (χ0n) is 24.7. The van der Waals surface area contributed by atoms with Crippen molar-refractivity contribution in [2.24, 2.45) is 0 Å². The van der Waals surface area contributed by atoms with Gasteiger partial charge in [0, 0.05) is 55.4 Å². The van der Waals surface area contributed by atoms with E-state index in [2.05, 4.69) is 49.6 Å². The number of benzene rings is 3. The van der Waals surface area contributed by atoms with E-state index < -0.39 is 6.03 Å². The number of anilines is 6. The second kappa shape index (κ2) is 13.9. The van der Waals surface area contributed by atoms with Gasteiger partial charge in [-0.2, -0.15) is 0 Å². The molecule has 43 heavy (non-hydrogen) atoms. The fourth-order valence-electron chi connectivity index (χ4n) is 4.99. The van der Waals surface area contributed by atoms with Crippen LogP contribution in [0.4, 0.5) is 39.2 Å². The zero-order chi connectivity index (χ0) is 29.6. The molecule has 1 aliphatic heterocycles. The van der Waals surface area contributed by atoms with Crippen molar-refractivity contribution in [3.63, 3.8) is 0 Å². The number of carbonyl (C=O) groups is 1. The Labute approximate surface area is 254 Å². The Morgan fingerprint density at radius 3 is 2.23 bits per heavy atom. The predicted molar refractivity (Wildman–Crippen MR) is 175 cm³/mol. The van der Waals surface area contributed by atoms with E-state index in [-0.39, 0.29) is 7.43 Å². The molecule has 4 aromatic rings. The summed E-state index contributed by atoms with van der Waals surface area (Å²) in [4.78, 5) is 29.1. The highest BCUT2D eigenvalue weighted by Gasteiger charge is 2.25. The topological polar surface area (TPSA) is 95.1 Å². The molecule has 0 spiro atoms. The maximum absolute atomic E-state index is 14.0. The summed E-state index contributed by atoms with van der Waals surface area (Å²) in [5.41, 5.74) is 5.23. The van der Waals surface area contributed by atoms with E-state index in [1.807, 2.05) is 44.2 Å². The number of amides is 2. The molecule has 5 rings (SSSR count). The van der Waals surface area contributed by atoms with Gasteiger partial charge in [-0.25, -0.2) is 19.7 Å². The lowest BCUT2D eigenvalue weighted by atomic mass is 10.1. The Morgan fingerprint density at radius 1 is 0.884 bits per heavy atom. The lowest BCUT2D eigenvalue weighted by Crippen LogP contribution is -2.44. The molecule has 226 valence electrons. The van der Waals surface area contributed by atoms with Crippen LogP contribution >= 0.6 is 0 Å². The molecule has 2 amide bonds. The maximum atomic E-state index is 14.0. The average molecular weight is 584 g/mol. The normalized spacial score (nSPS) is 13.1. The molecule has 3 aromatic carbocycles. The fraction of sp³-hybridized carbons (Fsp3) is 0.303. The van der Waals surface area contributed by atoms with E-state index in [9.17, 15) is 4.79 Å². The molecular weight excluding hydrogens is 542 g/mol. The number of nitrogens with zero attached hydrogens (tertiary/aromatic N) is 5. The molecule has 1 fully saturated rings. The van der Waals surface area contributed by atoms with Crippen molar-refractivity contribution in [3.05, 3.63) is 84.2 Å². The second-order valence-corrected chi connectivity index (χ2v) is 10.3. The van der Waals surface area contributed by atoms with Crippen LogP contribution in [0.25, 0.3) is 0 Å². The van der Waals surface area contributed by atoms with Crippen LogP contribution in [0.2, 0.25) is 0 Å². The van der Waals surface area contributed by atoms with Crippen molar-refractivity contribution in [1.29, 1.82) is 0 Å². The average Bonchev–Trinajstić information content (AvgIpc) is 3.00. The molecule has 0 bridgehead atoms. The number of piperazine rings is 1. The monoisotopic (exact) mass is 583 g/mol. The van der Waals surface area contributed by atoms with Gasteiger partial charge in [-0.05, 0) is 68.4 Å². The lowest BCUT2D eigenvalue weighted by Gasteiger charge is -2.34. The molecule has 10 heteroatoms. The molecule has 0 atom stereocenters. The van der Waals surface area contributed by atoms with Gasteiger partial charge in [-0.15, -0.1) is 0 Å². The van der Waals surface area contributed by atoms with Crippen LogP contribution in [0.5, 0.6) is 11.5 Å². The Bertz CT molecular complexity index is 1520. The SMILES string of the molecule is C.COc1ccc(N(C(=O)Nc2c(C)cccc2C)c2cc(Nc3ccc(N4CCN(C)CC4)cc3)ncn2)c(OC)c1. The Balaban J connectivity index is 0.00000423. The van der Waals surface area contributed by atoms with Gasteiger partial charge in [-0.1, -0.05) is 25.6 Å². The Hall–Kier alpha value is -4.83. The number of hydrogen-bond donors (Lipinski definition) is 2. The van der Waals surface area contributed by atoms with Crippen molar-refractivity contribution in [1.82, 2.24) is 14.9 Å². The van der Waals surface area contributed by atoms with Crippen LogP contribution in [-0.2, 0) is 0 Å². The predicted octanol–water partition coefficient (Wildman–Crippen LogP) is 6.61. The highest BCUT2D eigenvalue weighted by atomic mass is 16.5. The van der Waals surface area contributed by atoms with Gasteiger partial charge in [-0.3, -0.25) is 0 Å². The number of aryl methyl sites for hydroxylation is 2. The molecule has 0 unspecified atom stereocenters. The molecule has 0 aliphatic carbocycles. The quantitative estimate of drug-likeness (QED) is 0.239. The summed E-state index contributed by atoms with van der Waals surface area (Å²) in [6.07, 6.45) is 1.44. The first-order chi connectivity index (χ1) is 20.4. The third-order valence-corrected chi connectivity index (χ3v) is 7.43. The summed E-state index contributed by atoms with van der Waals surface area (Å²) >= 11 is 0. The van der Waals surface area contributed by atoms with Crippen LogP contribution in [-0.4, -0.2) is 68.3 Å². The van der Waals surface area contributed by atoms with E-state index in [0.717, 1.165) is 48.7 Å². The largest absolute Gasteiger partial charge is 0.497 e. The smallest absolute Gasteiger partial charge is 0.332 e. The van der Waals surface area contributed by atoms with Crippen LogP contribution in [0, 0.1) is 13.8 Å². The zero-order valence-corrected chi connectivity index (χ0v) is 24.7. The standard InChI is InChI=1S/C32H37N7O3.CH4/c1-22-7-6-8-23(2)31(22)36-32(40)39(27-14-13-26(41-4)19-28(27)42-5)30-20-29(33-21-34-30)35-24-9-11-25(12-10-24)38-17-15-37(3)16-18-38;/h6-14,19-21H,15-18H2,1-5H3,(H,36,40)(H,33,34,35);1H4. The summed E-state index contributed by atoms with van der Waals surface area (Å²) in [7, 11) is 5.29. The van der Waals surface area contributed by atoms with Gasteiger partial charge in [0.25, 0.3) is 0 Å². The number of para-hydroxylation sites is 1. The Morgan fingerprint density at radius 2 is 1.58 bits per heavy atom. The lowest BCUT2D eigenvalue weighted by molar-refractivity contribution is 0.258. The van der Waals surface area contributed by atoms with E-state index in [1.165, 1.54) is 16.9 Å². The summed E-state index contributed by atoms with van der Waals surface area (Å²) in [5.74, 6) is 1.98. The molecule has 1 saturated heterocycles. The van der Waals surface area contributed by atoms with E-state index in [0.29, 0.717) is 28.8 Å². The van der Waals surface area contributed by atoms with Gasteiger partial charge < -0.3 is 29.9 Å². The molecule has 0 saturated carbocycles. The number of ether oxygens (including phenoxy) is 2. The minimum atomic E-state index is -0.392. The van der Waals surface area contributed by atoms with Gasteiger partial charge >= 0.3 is 6.03 Å². The van der Waals surface area contributed by atoms with Crippen LogP contribution < -0.4 is 29.9 Å². The fourth-order valence-corrected chi connectivity index (χ4v) is 4.99. The first kappa shape index (κ1) is 31.1. The van der Waals surface area contributed by atoms with Gasteiger partial charge in [0.05, 0.1) is 19.9 Å². The molecule has 1 aromatic heterocycles. The first-order valence-corrected chi connectivity index (χ1v) is 13.9. The van der Waals surface area contributed by atoms with Crippen molar-refractivity contribution >= 4 is 40.4 Å². The Kier molecular flexibility index (Phi) is 10.0. The highest BCUT2D eigenvalue weighted by molar-refractivity contribution is 6.08. The van der Waals surface area contributed by atoms with Crippen molar-refractivity contribution in [2.45, 2.75) is 21.3 Å². The van der Waals surface area contributed by atoms with Gasteiger partial charge in [0.15, 0.2) is 0 Å². The number of nitrogens with one attached hydrogen (secondary N) is 2. The minimum absolute atomic E-state index is 0. The van der Waals surface area contributed by atoms with Crippen LogP contribution in [0.1, 0.15) is 18.6 Å². The van der Waals surface area contributed by atoms with Gasteiger partial charge in [0.1, 0.15) is 29.5 Å². The molecule has 10 nitrogen and oxygen atoms in total. The number of hydrogen-bond acceptors (Lipinski definition) is 8. The number of methoxy groups -OCH3 is 2. The highest BCUT2D eigenvalue weighted by Crippen LogP contribution is 2.37. The summed E-state index contributed by atoms with van der Waals surface area (Å²) in [5, 5.41) is 6.43. The van der Waals surface area contributed by atoms with Crippen LogP contribution in [0.15, 0.2) is 73.1 Å². The van der Waals surface area contributed by atoms with Crippen molar-refractivity contribution in [3.8, 4) is 11.5 Å².